The van der Waals surface area contributed by atoms with Gasteiger partial charge in [-0.25, -0.2) is 4.39 Å². The predicted molar refractivity (Wildman–Crippen MR) is 81.7 cm³/mol. The summed E-state index contributed by atoms with van der Waals surface area (Å²) in [5.74, 6) is -0.495. The van der Waals surface area contributed by atoms with Crippen LogP contribution < -0.4 is 5.32 Å². The molecule has 1 N–H and O–H groups in total. The first-order valence-electron chi connectivity index (χ1n) is 7.39. The van der Waals surface area contributed by atoms with Crippen LogP contribution in [0.4, 0.5) is 10.1 Å². The van der Waals surface area contributed by atoms with E-state index < -0.39 is 0 Å². The summed E-state index contributed by atoms with van der Waals surface area (Å²) < 4.78 is 13.9. The van der Waals surface area contributed by atoms with Crippen LogP contribution in [0.3, 0.4) is 0 Å². The Kier molecular flexibility index (Phi) is 7.05. The summed E-state index contributed by atoms with van der Waals surface area (Å²) in [5.41, 5.74) is 0.735. The zero-order chi connectivity index (χ0) is 15.0. The van der Waals surface area contributed by atoms with Gasteiger partial charge in [0.1, 0.15) is 5.82 Å². The van der Waals surface area contributed by atoms with Gasteiger partial charge in [-0.05, 0) is 25.0 Å². The number of nitrogens with one attached hydrogen (secondary N) is 1. The zero-order valence-electron chi connectivity index (χ0n) is 12.7. The molecule has 0 aliphatic rings. The highest BCUT2D eigenvalue weighted by Crippen LogP contribution is 2.21. The third-order valence-corrected chi connectivity index (χ3v) is 3.24. The van der Waals surface area contributed by atoms with Gasteiger partial charge in [-0.15, -0.1) is 0 Å². The van der Waals surface area contributed by atoms with E-state index in [0.29, 0.717) is 24.3 Å². The summed E-state index contributed by atoms with van der Waals surface area (Å²) in [6, 6.07) is 4.64. The molecule has 0 bridgehead atoms. The molecule has 1 amide bonds. The summed E-state index contributed by atoms with van der Waals surface area (Å²) in [4.78, 5) is 14.1. The fourth-order valence-corrected chi connectivity index (χ4v) is 2.04. The maximum absolute atomic E-state index is 13.9. The normalized spacial score (nSPS) is 10.4. The standard InChI is InChI=1S/C16H25FN2O/c1-4-6-7-12-19(3)16(20)13-9-8-10-14(17)15(13)18-11-5-2/h8-10,18H,4-7,11-12H2,1-3H3. The van der Waals surface area contributed by atoms with Gasteiger partial charge in [-0.1, -0.05) is 32.8 Å². The molecular formula is C16H25FN2O. The van der Waals surface area contributed by atoms with Gasteiger partial charge in [0.25, 0.3) is 5.91 Å². The highest BCUT2D eigenvalue weighted by molar-refractivity contribution is 5.99. The lowest BCUT2D eigenvalue weighted by molar-refractivity contribution is 0.0793. The summed E-state index contributed by atoms with van der Waals surface area (Å²) >= 11 is 0. The van der Waals surface area contributed by atoms with E-state index >= 15 is 0 Å². The molecule has 0 aliphatic carbocycles. The van der Waals surface area contributed by atoms with Crippen molar-refractivity contribution in [3.05, 3.63) is 29.6 Å². The highest BCUT2D eigenvalue weighted by Gasteiger charge is 2.17. The third kappa shape index (κ3) is 4.51. The Balaban J connectivity index is 2.83. The van der Waals surface area contributed by atoms with Crippen LogP contribution in [0, 0.1) is 5.82 Å². The Morgan fingerprint density at radius 3 is 2.65 bits per heavy atom. The van der Waals surface area contributed by atoms with E-state index in [1.165, 1.54) is 6.07 Å². The first-order chi connectivity index (χ1) is 9.61. The van der Waals surface area contributed by atoms with Gasteiger partial charge < -0.3 is 10.2 Å². The van der Waals surface area contributed by atoms with Crippen LogP contribution in [-0.4, -0.2) is 30.9 Å². The smallest absolute Gasteiger partial charge is 0.255 e. The number of carbonyl (C=O) groups is 1. The number of unbranched alkanes of at least 4 members (excludes halogenated alkanes) is 2. The molecule has 0 saturated carbocycles. The molecule has 1 rings (SSSR count). The van der Waals surface area contributed by atoms with Crippen LogP contribution >= 0.6 is 0 Å². The summed E-state index contributed by atoms with van der Waals surface area (Å²) in [6.45, 7) is 5.49. The number of amides is 1. The SMILES string of the molecule is CCCCCN(C)C(=O)c1cccc(F)c1NCCC. The second kappa shape index (κ2) is 8.56. The molecule has 0 unspecified atom stereocenters. The highest BCUT2D eigenvalue weighted by atomic mass is 19.1. The molecule has 20 heavy (non-hydrogen) atoms. The van der Waals surface area contributed by atoms with Gasteiger partial charge in [-0.3, -0.25) is 4.79 Å². The van der Waals surface area contributed by atoms with Gasteiger partial charge in [0.05, 0.1) is 11.3 Å². The second-order valence-corrected chi connectivity index (χ2v) is 5.02. The van der Waals surface area contributed by atoms with E-state index in [1.807, 2.05) is 6.92 Å². The minimum Gasteiger partial charge on any atom is -0.382 e. The van der Waals surface area contributed by atoms with E-state index in [1.54, 1.807) is 24.1 Å². The van der Waals surface area contributed by atoms with Crippen molar-refractivity contribution in [1.29, 1.82) is 0 Å². The summed E-state index contributed by atoms with van der Waals surface area (Å²) in [7, 11) is 1.77. The molecule has 1 aromatic carbocycles. The van der Waals surface area contributed by atoms with Crippen LogP contribution in [0.25, 0.3) is 0 Å². The van der Waals surface area contributed by atoms with E-state index in [4.69, 9.17) is 0 Å². The Labute approximate surface area is 121 Å². The molecule has 112 valence electrons. The first kappa shape index (κ1) is 16.5. The maximum atomic E-state index is 13.9. The van der Waals surface area contributed by atoms with E-state index in [-0.39, 0.29) is 11.7 Å². The fraction of sp³-hybridized carbons (Fsp3) is 0.562. The Hall–Kier alpha value is -1.58. The number of anilines is 1. The molecule has 1 aromatic rings. The topological polar surface area (TPSA) is 32.3 Å². The quantitative estimate of drug-likeness (QED) is 0.732. The van der Waals surface area contributed by atoms with Crippen molar-refractivity contribution in [2.24, 2.45) is 0 Å². The minimum absolute atomic E-state index is 0.126. The molecule has 0 aromatic heterocycles. The average Bonchev–Trinajstić information content (AvgIpc) is 2.45. The number of hydrogen-bond donors (Lipinski definition) is 1. The molecule has 0 saturated heterocycles. The first-order valence-corrected chi connectivity index (χ1v) is 7.39. The number of rotatable bonds is 8. The molecule has 3 nitrogen and oxygen atoms in total. The van der Waals surface area contributed by atoms with Crippen molar-refractivity contribution in [3.63, 3.8) is 0 Å². The number of benzene rings is 1. The van der Waals surface area contributed by atoms with Crippen LogP contribution in [0.1, 0.15) is 49.9 Å². The van der Waals surface area contributed by atoms with Gasteiger partial charge in [0.15, 0.2) is 0 Å². The van der Waals surface area contributed by atoms with E-state index in [9.17, 15) is 9.18 Å². The van der Waals surface area contributed by atoms with Crippen molar-refractivity contribution in [3.8, 4) is 0 Å². The van der Waals surface area contributed by atoms with Crippen molar-refractivity contribution in [1.82, 2.24) is 4.90 Å². The largest absolute Gasteiger partial charge is 0.382 e. The molecule has 4 heteroatoms. The Bertz CT molecular complexity index is 434. The van der Waals surface area contributed by atoms with Gasteiger partial charge in [0, 0.05) is 20.1 Å². The van der Waals surface area contributed by atoms with Crippen LogP contribution in [0.5, 0.6) is 0 Å². The number of halogens is 1. The van der Waals surface area contributed by atoms with Crippen molar-refractivity contribution >= 4 is 11.6 Å². The molecule has 0 atom stereocenters. The van der Waals surface area contributed by atoms with E-state index in [2.05, 4.69) is 12.2 Å². The lowest BCUT2D eigenvalue weighted by Gasteiger charge is -2.19. The average molecular weight is 280 g/mol. The molecule has 0 aliphatic heterocycles. The summed E-state index contributed by atoms with van der Waals surface area (Å²) in [6.07, 6.45) is 4.08. The summed E-state index contributed by atoms with van der Waals surface area (Å²) in [5, 5.41) is 3.01. The maximum Gasteiger partial charge on any atom is 0.255 e. The minimum atomic E-state index is -0.369. The van der Waals surface area contributed by atoms with E-state index in [0.717, 1.165) is 25.7 Å². The number of para-hydroxylation sites is 1. The van der Waals surface area contributed by atoms with Crippen molar-refractivity contribution < 1.29 is 9.18 Å². The van der Waals surface area contributed by atoms with Crippen molar-refractivity contribution in [2.45, 2.75) is 39.5 Å². The van der Waals surface area contributed by atoms with Crippen molar-refractivity contribution in [2.75, 3.05) is 25.5 Å². The third-order valence-electron chi connectivity index (χ3n) is 3.24. The lowest BCUT2D eigenvalue weighted by atomic mass is 10.1. The lowest BCUT2D eigenvalue weighted by Crippen LogP contribution is -2.28. The molecule has 0 heterocycles. The van der Waals surface area contributed by atoms with Gasteiger partial charge in [-0.2, -0.15) is 0 Å². The zero-order valence-corrected chi connectivity index (χ0v) is 12.7. The van der Waals surface area contributed by atoms with Crippen LogP contribution in [0.2, 0.25) is 0 Å². The number of carbonyl (C=O) groups excluding carboxylic acids is 1. The fourth-order valence-electron chi connectivity index (χ4n) is 2.04. The predicted octanol–water partition coefficient (Wildman–Crippen LogP) is 3.91. The van der Waals surface area contributed by atoms with Crippen LogP contribution in [0.15, 0.2) is 18.2 Å². The second-order valence-electron chi connectivity index (χ2n) is 5.02. The molecule has 0 fully saturated rings. The Morgan fingerprint density at radius 1 is 1.25 bits per heavy atom. The van der Waals surface area contributed by atoms with Gasteiger partial charge >= 0.3 is 0 Å². The number of hydrogen-bond acceptors (Lipinski definition) is 2. The molecular weight excluding hydrogens is 255 g/mol. The Morgan fingerprint density at radius 2 is 2.00 bits per heavy atom. The number of nitrogens with zero attached hydrogens (tertiary/aromatic N) is 1. The molecule has 0 spiro atoms. The van der Waals surface area contributed by atoms with Crippen LogP contribution in [-0.2, 0) is 0 Å². The monoisotopic (exact) mass is 280 g/mol. The molecule has 0 radical (unpaired) electrons. The van der Waals surface area contributed by atoms with Gasteiger partial charge in [0.2, 0.25) is 0 Å².